The Hall–Kier alpha value is -3.72. The summed E-state index contributed by atoms with van der Waals surface area (Å²) in [6, 6.07) is 16.0. The molecule has 9 nitrogen and oxygen atoms in total. The van der Waals surface area contributed by atoms with Gasteiger partial charge in [-0.05, 0) is 87.2 Å². The van der Waals surface area contributed by atoms with E-state index < -0.39 is 5.60 Å². The number of amidine groups is 1. The Balaban J connectivity index is 0.000000767. The molecular weight excluding hydrogens is 542 g/mol. The van der Waals surface area contributed by atoms with Gasteiger partial charge in [0, 0.05) is 39.2 Å². The number of hydrogen-bond acceptors (Lipinski definition) is 8. The lowest BCUT2D eigenvalue weighted by Crippen LogP contribution is -2.36. The molecule has 43 heavy (non-hydrogen) atoms. The van der Waals surface area contributed by atoms with E-state index in [0.29, 0.717) is 48.5 Å². The highest BCUT2D eigenvalue weighted by atomic mass is 16.5. The smallest absolute Gasteiger partial charge is 0.266 e. The summed E-state index contributed by atoms with van der Waals surface area (Å²) in [6.07, 6.45) is 9.90. The summed E-state index contributed by atoms with van der Waals surface area (Å²) >= 11 is 0. The number of ether oxygens (including phenoxy) is 2. The zero-order valence-corrected chi connectivity index (χ0v) is 26.3. The Labute approximate surface area is 255 Å². The van der Waals surface area contributed by atoms with Crippen LogP contribution in [0, 0.1) is 5.92 Å². The largest absolute Gasteiger partial charge is 0.480 e. The van der Waals surface area contributed by atoms with Crippen molar-refractivity contribution < 1.29 is 18.8 Å². The monoisotopic (exact) mass is 589 g/mol. The normalized spacial score (nSPS) is 15.6. The first-order chi connectivity index (χ1) is 20.7. The minimum Gasteiger partial charge on any atom is -0.480 e. The molecule has 2 aliphatic rings. The van der Waals surface area contributed by atoms with Crippen LogP contribution in [0.1, 0.15) is 81.9 Å². The van der Waals surface area contributed by atoms with Crippen LogP contribution < -0.4 is 15.4 Å². The molecule has 0 unspecified atom stereocenters. The summed E-state index contributed by atoms with van der Waals surface area (Å²) in [5.41, 5.74) is 8.28. The van der Waals surface area contributed by atoms with E-state index in [-0.39, 0.29) is 5.78 Å². The lowest BCUT2D eigenvalue weighted by atomic mass is 10.0. The van der Waals surface area contributed by atoms with Gasteiger partial charge in [0.1, 0.15) is 11.6 Å². The number of ketones is 1. The lowest BCUT2D eigenvalue weighted by molar-refractivity contribution is -0.129. The highest BCUT2D eigenvalue weighted by molar-refractivity contribution is 5.97. The molecule has 2 aliphatic carbocycles. The maximum atomic E-state index is 11.8. The molecule has 232 valence electrons. The third kappa shape index (κ3) is 9.92. The van der Waals surface area contributed by atoms with Crippen LogP contribution in [0.25, 0.3) is 0 Å². The molecule has 1 heterocycles. The number of anilines is 1. The van der Waals surface area contributed by atoms with E-state index in [9.17, 15) is 4.79 Å². The average Bonchev–Trinajstić information content (AvgIpc) is 3.51. The maximum absolute atomic E-state index is 11.8. The van der Waals surface area contributed by atoms with Crippen molar-refractivity contribution >= 4 is 17.6 Å². The third-order valence-corrected chi connectivity index (χ3v) is 8.21. The number of nitrogens with two attached hydrogens (primary N) is 1. The van der Waals surface area contributed by atoms with E-state index in [1.807, 2.05) is 36.4 Å². The number of carbonyl (C=O) groups excluding carboxylic acids is 1. The second-order valence-electron chi connectivity index (χ2n) is 12.1. The Bertz CT molecular complexity index is 1320. The van der Waals surface area contributed by atoms with Crippen molar-refractivity contribution in [3.05, 3.63) is 71.1 Å². The second-order valence-corrected chi connectivity index (χ2v) is 12.1. The molecule has 2 fully saturated rings. The molecule has 0 bridgehead atoms. The van der Waals surface area contributed by atoms with Crippen molar-refractivity contribution in [3.8, 4) is 5.75 Å². The van der Waals surface area contributed by atoms with Crippen LogP contribution in [-0.4, -0.2) is 54.2 Å². The summed E-state index contributed by atoms with van der Waals surface area (Å²) in [7, 11) is 3.45. The van der Waals surface area contributed by atoms with Gasteiger partial charge in [-0.1, -0.05) is 49.2 Å². The summed E-state index contributed by atoms with van der Waals surface area (Å²) in [5.74, 6) is 3.15. The fourth-order valence-corrected chi connectivity index (χ4v) is 4.96. The van der Waals surface area contributed by atoms with Gasteiger partial charge >= 0.3 is 0 Å². The van der Waals surface area contributed by atoms with Gasteiger partial charge in [0.15, 0.2) is 11.4 Å². The van der Waals surface area contributed by atoms with Crippen LogP contribution in [-0.2, 0) is 28.9 Å². The molecule has 0 saturated heterocycles. The van der Waals surface area contributed by atoms with Crippen LogP contribution >= 0.6 is 0 Å². The van der Waals surface area contributed by atoms with Crippen molar-refractivity contribution in [2.45, 2.75) is 90.4 Å². The summed E-state index contributed by atoms with van der Waals surface area (Å²) < 4.78 is 16.4. The molecule has 0 radical (unpaired) electrons. The second kappa shape index (κ2) is 15.1. The first-order valence-electron chi connectivity index (χ1n) is 15.4. The highest BCUT2D eigenvalue weighted by Crippen LogP contribution is 2.28. The Morgan fingerprint density at radius 2 is 1.70 bits per heavy atom. The Morgan fingerprint density at radius 1 is 1.05 bits per heavy atom. The number of aliphatic imine (C=N–C) groups is 1. The van der Waals surface area contributed by atoms with Crippen molar-refractivity contribution in [1.82, 2.24) is 10.1 Å². The fourth-order valence-electron chi connectivity index (χ4n) is 4.96. The van der Waals surface area contributed by atoms with Crippen LogP contribution in [0.5, 0.6) is 5.75 Å². The minimum absolute atomic E-state index is 0.0117. The Morgan fingerprint density at radius 3 is 2.26 bits per heavy atom. The standard InChI is InChI=1S/C30H39N5O3.C4H8O/c1-21(36)30(2,3)37-26-15-11-22(12-16-26)17-18-35(20-24-9-13-25(14-10-24)28(31)32-4)29-33-27(38-34-29)19-23-7-5-6-8-23;1-5-4-2-3-4/h9-16,23H,5-8,17-20H2,1-4H3,(H2,31,32);4H,2-3H2,1H3. The van der Waals surface area contributed by atoms with Gasteiger partial charge in [0.05, 0.1) is 6.10 Å². The predicted molar refractivity (Wildman–Crippen MR) is 170 cm³/mol. The molecule has 2 aromatic carbocycles. The molecule has 5 rings (SSSR count). The summed E-state index contributed by atoms with van der Waals surface area (Å²) in [5, 5.41) is 4.35. The van der Waals surface area contributed by atoms with E-state index >= 15 is 0 Å². The quantitative estimate of drug-likeness (QED) is 0.193. The van der Waals surface area contributed by atoms with Crippen LogP contribution in [0.3, 0.4) is 0 Å². The van der Waals surface area contributed by atoms with Crippen molar-refractivity contribution in [2.75, 3.05) is 25.6 Å². The molecule has 3 aromatic rings. The first-order valence-corrected chi connectivity index (χ1v) is 15.4. The van der Waals surface area contributed by atoms with Gasteiger partial charge in [-0.25, -0.2) is 0 Å². The first kappa shape index (κ1) is 32.2. The molecule has 0 atom stereocenters. The van der Waals surface area contributed by atoms with Crippen molar-refractivity contribution in [1.29, 1.82) is 0 Å². The lowest BCUT2D eigenvalue weighted by Gasteiger charge is -2.23. The number of aromatic nitrogens is 2. The molecule has 0 amide bonds. The zero-order valence-electron chi connectivity index (χ0n) is 26.3. The molecule has 0 spiro atoms. The minimum atomic E-state index is -0.851. The maximum Gasteiger partial charge on any atom is 0.266 e. The molecule has 0 aliphatic heterocycles. The van der Waals surface area contributed by atoms with E-state index in [0.717, 1.165) is 29.5 Å². The van der Waals surface area contributed by atoms with Crippen molar-refractivity contribution in [2.24, 2.45) is 16.6 Å². The predicted octanol–water partition coefficient (Wildman–Crippen LogP) is 5.93. The van der Waals surface area contributed by atoms with Gasteiger partial charge in [-0.15, -0.1) is 0 Å². The fraction of sp³-hybridized carbons (Fsp3) is 0.529. The molecule has 9 heteroatoms. The summed E-state index contributed by atoms with van der Waals surface area (Å²) in [6.45, 7) is 6.45. The van der Waals surface area contributed by atoms with Gasteiger partial charge in [-0.2, -0.15) is 4.98 Å². The Kier molecular flexibility index (Phi) is 11.3. The molecule has 2 N–H and O–H groups in total. The van der Waals surface area contributed by atoms with E-state index in [4.69, 9.17) is 24.7 Å². The van der Waals surface area contributed by atoms with Crippen LogP contribution in [0.2, 0.25) is 0 Å². The van der Waals surface area contributed by atoms with Gasteiger partial charge in [-0.3, -0.25) is 9.79 Å². The average molecular weight is 590 g/mol. The molecule has 2 saturated carbocycles. The van der Waals surface area contributed by atoms with Crippen LogP contribution in [0.4, 0.5) is 5.95 Å². The molecular formula is C34H47N5O4. The molecule has 1 aromatic heterocycles. The topological polar surface area (TPSA) is 116 Å². The number of methoxy groups -OCH3 is 1. The van der Waals surface area contributed by atoms with Gasteiger partial charge in [0.25, 0.3) is 5.95 Å². The van der Waals surface area contributed by atoms with Crippen LogP contribution in [0.15, 0.2) is 58.0 Å². The number of benzene rings is 2. The number of hydrogen-bond donors (Lipinski definition) is 1. The summed E-state index contributed by atoms with van der Waals surface area (Å²) in [4.78, 5) is 22.8. The van der Waals surface area contributed by atoms with E-state index in [2.05, 4.69) is 27.2 Å². The van der Waals surface area contributed by atoms with Gasteiger partial charge in [0.2, 0.25) is 5.89 Å². The van der Waals surface area contributed by atoms with E-state index in [1.54, 1.807) is 34.9 Å². The van der Waals surface area contributed by atoms with Gasteiger partial charge < -0.3 is 24.6 Å². The number of nitrogens with zero attached hydrogens (tertiary/aromatic N) is 4. The number of rotatable bonds is 13. The number of carbonyl (C=O) groups is 1. The highest BCUT2D eigenvalue weighted by Gasteiger charge is 2.26. The third-order valence-electron chi connectivity index (χ3n) is 8.21. The number of Topliss-reactive ketones (excluding diaryl/α,β-unsaturated/α-hetero) is 1. The van der Waals surface area contributed by atoms with E-state index in [1.165, 1.54) is 38.5 Å². The van der Waals surface area contributed by atoms with Crippen molar-refractivity contribution in [3.63, 3.8) is 0 Å². The zero-order chi connectivity index (χ0) is 30.8. The SMILES string of the molecule is CN=C(N)c1ccc(CN(CCc2ccc(OC(C)(C)C(C)=O)cc2)c2noc(CC3CCCC3)n2)cc1.COC1CC1.